The highest BCUT2D eigenvalue weighted by Gasteiger charge is 2.24. The second kappa shape index (κ2) is 7.71. The summed E-state index contributed by atoms with van der Waals surface area (Å²) >= 11 is 1.36. The van der Waals surface area contributed by atoms with Gasteiger partial charge < -0.3 is 9.30 Å². The van der Waals surface area contributed by atoms with Crippen LogP contribution < -0.4 is 5.14 Å². The molecule has 0 saturated heterocycles. The second-order valence-electron chi connectivity index (χ2n) is 6.77. The Morgan fingerprint density at radius 3 is 2.47 bits per heavy atom. The highest BCUT2D eigenvalue weighted by Crippen LogP contribution is 2.40. The Morgan fingerprint density at radius 2 is 1.80 bits per heavy atom. The average molecular weight is 441 g/mol. The van der Waals surface area contributed by atoms with E-state index in [9.17, 15) is 13.2 Å². The molecule has 2 aromatic carbocycles. The van der Waals surface area contributed by atoms with Crippen LogP contribution in [-0.2, 0) is 14.8 Å². The molecule has 0 atom stereocenters. The zero-order valence-electron chi connectivity index (χ0n) is 16.5. The number of rotatable bonds is 5. The number of para-hydroxylation sites is 1. The van der Waals surface area contributed by atoms with Crippen molar-refractivity contribution in [2.24, 2.45) is 5.14 Å². The first kappa shape index (κ1) is 20.3. The number of aromatic nitrogens is 1. The number of ether oxygens (including phenoxy) is 1. The Hall–Kier alpha value is -2.94. The lowest BCUT2D eigenvalue weighted by Gasteiger charge is -2.08. The molecular formula is C22H20N2O4S2. The summed E-state index contributed by atoms with van der Waals surface area (Å²) in [5, 5.41) is 7.22. The van der Waals surface area contributed by atoms with Gasteiger partial charge in [-0.2, -0.15) is 0 Å². The van der Waals surface area contributed by atoms with E-state index in [1.54, 1.807) is 19.1 Å². The Labute approximate surface area is 178 Å². The molecule has 0 aliphatic rings. The van der Waals surface area contributed by atoms with Gasteiger partial charge in [0.1, 0.15) is 9.88 Å². The first-order chi connectivity index (χ1) is 14.3. The van der Waals surface area contributed by atoms with Crippen LogP contribution in [0.25, 0.3) is 27.0 Å². The van der Waals surface area contributed by atoms with Crippen molar-refractivity contribution in [1.82, 2.24) is 4.57 Å². The molecule has 4 rings (SSSR count). The summed E-state index contributed by atoms with van der Waals surface area (Å²) in [6.45, 7) is 3.98. The molecular weight excluding hydrogens is 420 g/mol. The SMILES string of the molecule is CCOC(=O)c1sc(-n2ccc3ccccc32)c(C)c1-c1ccc(S(N)(=O)=O)cc1. The van der Waals surface area contributed by atoms with Gasteiger partial charge in [0.15, 0.2) is 0 Å². The molecule has 154 valence electrons. The topological polar surface area (TPSA) is 91.4 Å². The van der Waals surface area contributed by atoms with Crippen LogP contribution in [0.5, 0.6) is 0 Å². The minimum Gasteiger partial charge on any atom is -0.462 e. The van der Waals surface area contributed by atoms with Crippen LogP contribution in [0.3, 0.4) is 0 Å². The van der Waals surface area contributed by atoms with Crippen LogP contribution in [0.15, 0.2) is 65.7 Å². The number of benzene rings is 2. The fourth-order valence-corrected chi connectivity index (χ4v) is 5.23. The standard InChI is InChI=1S/C22H20N2O4S2/c1-3-28-22(25)20-19(16-8-10-17(11-9-16)30(23,26)27)14(2)21(29-20)24-13-12-15-6-4-5-7-18(15)24/h4-13H,3H2,1-2H3,(H2,23,26,27). The van der Waals surface area contributed by atoms with Crippen LogP contribution in [0, 0.1) is 6.92 Å². The van der Waals surface area contributed by atoms with Crippen LogP contribution >= 0.6 is 11.3 Å². The number of primary sulfonamides is 1. The number of hydrogen-bond donors (Lipinski definition) is 1. The van der Waals surface area contributed by atoms with Crippen molar-refractivity contribution in [2.75, 3.05) is 6.61 Å². The van der Waals surface area contributed by atoms with E-state index in [0.717, 1.165) is 32.6 Å². The normalized spacial score (nSPS) is 11.7. The van der Waals surface area contributed by atoms with Crippen molar-refractivity contribution in [3.05, 3.63) is 71.2 Å². The third kappa shape index (κ3) is 3.54. The summed E-state index contributed by atoms with van der Waals surface area (Å²) in [7, 11) is -3.79. The number of carbonyl (C=O) groups excluding carboxylic acids is 1. The van der Waals surface area contributed by atoms with Gasteiger partial charge >= 0.3 is 5.97 Å². The zero-order valence-corrected chi connectivity index (χ0v) is 18.1. The fraction of sp³-hybridized carbons (Fsp3) is 0.136. The van der Waals surface area contributed by atoms with Gasteiger partial charge in [0.2, 0.25) is 10.0 Å². The fourth-order valence-electron chi connectivity index (χ4n) is 3.49. The molecule has 0 saturated carbocycles. The van der Waals surface area contributed by atoms with Crippen LogP contribution in [0.4, 0.5) is 0 Å². The van der Waals surface area contributed by atoms with Crippen LogP contribution in [-0.4, -0.2) is 25.6 Å². The van der Waals surface area contributed by atoms with E-state index in [1.165, 1.54) is 23.5 Å². The van der Waals surface area contributed by atoms with Crippen molar-refractivity contribution in [1.29, 1.82) is 0 Å². The van der Waals surface area contributed by atoms with Crippen molar-refractivity contribution >= 4 is 38.2 Å². The van der Waals surface area contributed by atoms with Gasteiger partial charge in [-0.15, -0.1) is 11.3 Å². The Kier molecular flexibility index (Phi) is 5.23. The summed E-state index contributed by atoms with van der Waals surface area (Å²) in [6, 6.07) is 16.3. The van der Waals surface area contributed by atoms with E-state index in [0.29, 0.717) is 4.88 Å². The highest BCUT2D eigenvalue weighted by atomic mass is 32.2. The molecule has 4 aromatic rings. The molecule has 2 heterocycles. The Balaban J connectivity index is 1.92. The molecule has 2 N–H and O–H groups in total. The lowest BCUT2D eigenvalue weighted by Crippen LogP contribution is -2.11. The number of nitrogens with zero attached hydrogens (tertiary/aromatic N) is 1. The van der Waals surface area contributed by atoms with Crippen molar-refractivity contribution in [3.63, 3.8) is 0 Å². The summed E-state index contributed by atoms with van der Waals surface area (Å²) in [5.74, 6) is -0.404. The number of fused-ring (bicyclic) bond motifs is 1. The Bertz CT molecular complexity index is 1350. The van der Waals surface area contributed by atoms with E-state index in [-0.39, 0.29) is 11.5 Å². The maximum absolute atomic E-state index is 12.7. The molecule has 0 aliphatic carbocycles. The van der Waals surface area contributed by atoms with Gasteiger partial charge in [-0.1, -0.05) is 30.3 Å². The third-order valence-corrected chi connectivity index (χ3v) is 7.07. The van der Waals surface area contributed by atoms with E-state index < -0.39 is 16.0 Å². The summed E-state index contributed by atoms with van der Waals surface area (Å²) in [6.07, 6.45) is 1.98. The average Bonchev–Trinajstić information content (AvgIpc) is 3.28. The second-order valence-corrected chi connectivity index (χ2v) is 9.33. The number of hydrogen-bond acceptors (Lipinski definition) is 5. The van der Waals surface area contributed by atoms with Gasteiger partial charge in [0.25, 0.3) is 0 Å². The van der Waals surface area contributed by atoms with Gasteiger partial charge in [-0.3, -0.25) is 0 Å². The molecule has 0 unspecified atom stereocenters. The van der Waals surface area contributed by atoms with E-state index in [2.05, 4.69) is 4.57 Å². The molecule has 30 heavy (non-hydrogen) atoms. The zero-order chi connectivity index (χ0) is 21.5. The van der Waals surface area contributed by atoms with Crippen molar-refractivity contribution in [3.8, 4) is 16.1 Å². The highest BCUT2D eigenvalue weighted by molar-refractivity contribution is 7.89. The van der Waals surface area contributed by atoms with E-state index in [1.807, 2.05) is 43.5 Å². The Morgan fingerprint density at radius 1 is 1.10 bits per heavy atom. The quantitative estimate of drug-likeness (QED) is 0.463. The summed E-state index contributed by atoms with van der Waals surface area (Å²) in [5.41, 5.74) is 3.40. The minimum absolute atomic E-state index is 0.0217. The van der Waals surface area contributed by atoms with Crippen molar-refractivity contribution < 1.29 is 17.9 Å². The lowest BCUT2D eigenvalue weighted by atomic mass is 10.0. The summed E-state index contributed by atoms with van der Waals surface area (Å²) < 4.78 is 30.5. The number of esters is 1. The van der Waals surface area contributed by atoms with E-state index >= 15 is 0 Å². The number of nitrogens with two attached hydrogens (primary N) is 1. The minimum atomic E-state index is -3.79. The predicted octanol–water partition coefficient (Wildman–Crippen LogP) is 4.49. The first-order valence-electron chi connectivity index (χ1n) is 9.31. The number of thiophene rings is 1. The van der Waals surface area contributed by atoms with Gasteiger partial charge in [0.05, 0.1) is 17.0 Å². The maximum atomic E-state index is 12.7. The number of carbonyl (C=O) groups is 1. The van der Waals surface area contributed by atoms with Gasteiger partial charge in [0, 0.05) is 11.8 Å². The monoisotopic (exact) mass is 440 g/mol. The van der Waals surface area contributed by atoms with Crippen LogP contribution in [0.2, 0.25) is 0 Å². The van der Waals surface area contributed by atoms with Gasteiger partial charge in [-0.05, 0) is 54.6 Å². The van der Waals surface area contributed by atoms with Crippen molar-refractivity contribution in [2.45, 2.75) is 18.7 Å². The first-order valence-corrected chi connectivity index (χ1v) is 11.7. The van der Waals surface area contributed by atoms with E-state index in [4.69, 9.17) is 9.88 Å². The largest absolute Gasteiger partial charge is 0.462 e. The predicted molar refractivity (Wildman–Crippen MR) is 119 cm³/mol. The third-order valence-electron chi connectivity index (χ3n) is 4.87. The maximum Gasteiger partial charge on any atom is 0.349 e. The lowest BCUT2D eigenvalue weighted by molar-refractivity contribution is 0.0533. The smallest absolute Gasteiger partial charge is 0.349 e. The molecule has 0 aliphatic heterocycles. The molecule has 0 spiro atoms. The van der Waals surface area contributed by atoms with Gasteiger partial charge in [-0.25, -0.2) is 18.4 Å². The molecule has 0 fully saturated rings. The molecule has 8 heteroatoms. The summed E-state index contributed by atoms with van der Waals surface area (Å²) in [4.78, 5) is 13.2. The number of sulfonamides is 1. The van der Waals surface area contributed by atoms with Crippen LogP contribution in [0.1, 0.15) is 22.2 Å². The molecule has 0 radical (unpaired) electrons. The molecule has 0 bridgehead atoms. The molecule has 2 aromatic heterocycles. The molecule has 6 nitrogen and oxygen atoms in total. The molecule has 0 amide bonds.